The fourth-order valence-electron chi connectivity index (χ4n) is 1.39. The van der Waals surface area contributed by atoms with Crippen LogP contribution in [0.3, 0.4) is 0 Å². The molecular formula is C11H10N2O2S. The predicted octanol–water partition coefficient (Wildman–Crippen LogP) is 2.14. The van der Waals surface area contributed by atoms with Crippen molar-refractivity contribution in [2.45, 2.75) is 13.3 Å². The lowest BCUT2D eigenvalue weighted by Gasteiger charge is -1.95. The lowest BCUT2D eigenvalue weighted by Crippen LogP contribution is -1.98. The second kappa shape index (κ2) is 4.40. The zero-order valence-electron chi connectivity index (χ0n) is 8.67. The molecule has 4 nitrogen and oxygen atoms in total. The molecule has 2 aromatic rings. The summed E-state index contributed by atoms with van der Waals surface area (Å²) in [6.07, 6.45) is 1.68. The highest BCUT2D eigenvalue weighted by Gasteiger charge is 2.12. The van der Waals surface area contributed by atoms with Crippen molar-refractivity contribution >= 4 is 17.3 Å². The van der Waals surface area contributed by atoms with E-state index in [1.807, 2.05) is 25.1 Å². The number of rotatable bonds is 3. The number of carbonyl (C=O) groups is 1. The maximum atomic E-state index is 10.6. The zero-order chi connectivity index (χ0) is 11.5. The normalized spacial score (nSPS) is 10.3. The number of nitrogens with zero attached hydrogens (tertiary/aromatic N) is 2. The van der Waals surface area contributed by atoms with Gasteiger partial charge in [0, 0.05) is 6.20 Å². The number of aliphatic carboxylic acids is 1. The maximum absolute atomic E-state index is 10.6. The summed E-state index contributed by atoms with van der Waals surface area (Å²) in [4.78, 5) is 20.0. The predicted molar refractivity (Wildman–Crippen MR) is 61.4 cm³/mol. The Bertz CT molecular complexity index is 508. The Balaban J connectivity index is 2.36. The molecule has 0 saturated heterocycles. The molecule has 16 heavy (non-hydrogen) atoms. The van der Waals surface area contributed by atoms with Crippen LogP contribution in [-0.4, -0.2) is 21.0 Å². The van der Waals surface area contributed by atoms with E-state index in [0.29, 0.717) is 5.01 Å². The quantitative estimate of drug-likeness (QED) is 0.883. The van der Waals surface area contributed by atoms with E-state index in [1.165, 1.54) is 11.3 Å². The number of hydrogen-bond donors (Lipinski definition) is 1. The van der Waals surface area contributed by atoms with Crippen LogP contribution in [0, 0.1) is 6.92 Å². The smallest absolute Gasteiger partial charge is 0.310 e. The Kier molecular flexibility index (Phi) is 2.96. The van der Waals surface area contributed by atoms with E-state index in [-0.39, 0.29) is 6.42 Å². The van der Waals surface area contributed by atoms with Gasteiger partial charge in [-0.25, -0.2) is 4.98 Å². The molecule has 0 aliphatic rings. The van der Waals surface area contributed by atoms with Crippen molar-refractivity contribution in [1.29, 1.82) is 0 Å². The number of pyridine rings is 1. The van der Waals surface area contributed by atoms with Crippen LogP contribution in [0.5, 0.6) is 0 Å². The van der Waals surface area contributed by atoms with Gasteiger partial charge in [0.05, 0.1) is 22.7 Å². The van der Waals surface area contributed by atoms with E-state index in [4.69, 9.17) is 5.11 Å². The van der Waals surface area contributed by atoms with E-state index >= 15 is 0 Å². The van der Waals surface area contributed by atoms with Gasteiger partial charge in [-0.1, -0.05) is 6.07 Å². The van der Waals surface area contributed by atoms with E-state index < -0.39 is 5.97 Å². The molecule has 2 heterocycles. The average Bonchev–Trinajstić information content (AvgIpc) is 2.60. The van der Waals surface area contributed by atoms with Crippen LogP contribution in [0.2, 0.25) is 0 Å². The van der Waals surface area contributed by atoms with Crippen LogP contribution in [0.15, 0.2) is 24.4 Å². The van der Waals surface area contributed by atoms with Crippen molar-refractivity contribution in [3.8, 4) is 10.6 Å². The Morgan fingerprint density at radius 2 is 2.31 bits per heavy atom. The Hall–Kier alpha value is -1.75. The van der Waals surface area contributed by atoms with Gasteiger partial charge < -0.3 is 5.11 Å². The molecule has 0 spiro atoms. The Morgan fingerprint density at radius 3 is 2.94 bits per heavy atom. The van der Waals surface area contributed by atoms with E-state index in [2.05, 4.69) is 9.97 Å². The molecule has 0 amide bonds. The third-order valence-corrected chi connectivity index (χ3v) is 3.22. The molecule has 5 heteroatoms. The van der Waals surface area contributed by atoms with Gasteiger partial charge in [0.1, 0.15) is 5.01 Å². The third kappa shape index (κ3) is 2.25. The van der Waals surface area contributed by atoms with Crippen molar-refractivity contribution in [3.05, 3.63) is 35.1 Å². The summed E-state index contributed by atoms with van der Waals surface area (Å²) in [5, 5.41) is 9.31. The van der Waals surface area contributed by atoms with Crippen molar-refractivity contribution in [3.63, 3.8) is 0 Å². The fraction of sp³-hybridized carbons (Fsp3) is 0.182. The number of aryl methyl sites for hydroxylation is 1. The molecule has 82 valence electrons. The second-order valence-electron chi connectivity index (χ2n) is 3.31. The first-order valence-corrected chi connectivity index (χ1v) is 5.58. The number of aromatic nitrogens is 2. The van der Waals surface area contributed by atoms with Crippen LogP contribution in [0.1, 0.15) is 10.7 Å². The minimum Gasteiger partial charge on any atom is -0.481 e. The lowest BCUT2D eigenvalue weighted by atomic mass is 10.3. The van der Waals surface area contributed by atoms with Crippen molar-refractivity contribution in [1.82, 2.24) is 9.97 Å². The summed E-state index contributed by atoms with van der Waals surface area (Å²) < 4.78 is 0. The van der Waals surface area contributed by atoms with Crippen LogP contribution < -0.4 is 0 Å². The Morgan fingerprint density at radius 1 is 1.50 bits per heavy atom. The highest BCUT2D eigenvalue weighted by Crippen LogP contribution is 2.28. The van der Waals surface area contributed by atoms with Gasteiger partial charge in [0.15, 0.2) is 0 Å². The first-order chi connectivity index (χ1) is 7.66. The molecule has 0 aliphatic carbocycles. The van der Waals surface area contributed by atoms with E-state index in [0.717, 1.165) is 16.3 Å². The number of carboxylic acid groups (broad SMARTS) is 1. The molecule has 0 fully saturated rings. The molecule has 0 radical (unpaired) electrons. The first kappa shape index (κ1) is 10.8. The largest absolute Gasteiger partial charge is 0.481 e. The monoisotopic (exact) mass is 234 g/mol. The summed E-state index contributed by atoms with van der Waals surface area (Å²) in [6.45, 7) is 1.87. The summed E-state index contributed by atoms with van der Waals surface area (Å²) in [6, 6.07) is 5.64. The molecule has 0 saturated carbocycles. The second-order valence-corrected chi connectivity index (χ2v) is 4.39. The number of thiazole rings is 1. The molecular weight excluding hydrogens is 224 g/mol. The first-order valence-electron chi connectivity index (χ1n) is 4.76. The van der Waals surface area contributed by atoms with Crippen LogP contribution in [-0.2, 0) is 11.2 Å². The van der Waals surface area contributed by atoms with Gasteiger partial charge in [-0.3, -0.25) is 9.78 Å². The zero-order valence-corrected chi connectivity index (χ0v) is 9.49. The topological polar surface area (TPSA) is 63.1 Å². The van der Waals surface area contributed by atoms with Crippen LogP contribution >= 0.6 is 11.3 Å². The summed E-state index contributed by atoms with van der Waals surface area (Å²) in [5.41, 5.74) is 1.68. The van der Waals surface area contributed by atoms with Gasteiger partial charge in [-0.05, 0) is 19.1 Å². The van der Waals surface area contributed by atoms with Crippen molar-refractivity contribution in [2.75, 3.05) is 0 Å². The van der Waals surface area contributed by atoms with Gasteiger partial charge >= 0.3 is 5.97 Å². The van der Waals surface area contributed by atoms with Crippen LogP contribution in [0.25, 0.3) is 10.6 Å². The van der Waals surface area contributed by atoms with Crippen molar-refractivity contribution < 1.29 is 9.90 Å². The standard InChI is InChI=1S/C11H10N2O2S/c1-7-11(8-4-2-3-5-12-8)16-9(13-7)6-10(14)15/h2-5H,6H2,1H3,(H,14,15). The minimum atomic E-state index is -0.860. The molecule has 0 aromatic carbocycles. The van der Waals surface area contributed by atoms with Gasteiger partial charge in [-0.15, -0.1) is 11.3 Å². The number of carboxylic acids is 1. The summed E-state index contributed by atoms with van der Waals surface area (Å²) >= 11 is 1.39. The maximum Gasteiger partial charge on any atom is 0.310 e. The van der Waals surface area contributed by atoms with Gasteiger partial charge in [-0.2, -0.15) is 0 Å². The molecule has 0 aliphatic heterocycles. The highest BCUT2D eigenvalue weighted by molar-refractivity contribution is 7.15. The summed E-state index contributed by atoms with van der Waals surface area (Å²) in [5.74, 6) is -0.860. The van der Waals surface area contributed by atoms with Crippen molar-refractivity contribution in [2.24, 2.45) is 0 Å². The minimum absolute atomic E-state index is 0.0294. The average molecular weight is 234 g/mol. The Labute approximate surface area is 96.6 Å². The summed E-state index contributed by atoms with van der Waals surface area (Å²) in [7, 11) is 0. The highest BCUT2D eigenvalue weighted by atomic mass is 32.1. The third-order valence-electron chi connectivity index (χ3n) is 2.04. The molecule has 0 atom stereocenters. The van der Waals surface area contributed by atoms with Gasteiger partial charge in [0.2, 0.25) is 0 Å². The SMILES string of the molecule is Cc1nc(CC(=O)O)sc1-c1ccccn1. The van der Waals surface area contributed by atoms with E-state index in [1.54, 1.807) is 6.20 Å². The molecule has 2 rings (SSSR count). The van der Waals surface area contributed by atoms with Gasteiger partial charge in [0.25, 0.3) is 0 Å². The number of hydrogen-bond acceptors (Lipinski definition) is 4. The molecule has 2 aromatic heterocycles. The van der Waals surface area contributed by atoms with Crippen LogP contribution in [0.4, 0.5) is 0 Å². The lowest BCUT2D eigenvalue weighted by molar-refractivity contribution is -0.136. The fourth-order valence-corrected chi connectivity index (χ4v) is 2.42. The molecule has 0 bridgehead atoms. The molecule has 1 N–H and O–H groups in total. The van der Waals surface area contributed by atoms with E-state index in [9.17, 15) is 4.79 Å². The molecule has 0 unspecified atom stereocenters.